The van der Waals surface area contributed by atoms with Gasteiger partial charge in [-0.3, -0.25) is 0 Å². The normalized spacial score (nSPS) is 16.0. The van der Waals surface area contributed by atoms with Crippen molar-refractivity contribution in [2.75, 3.05) is 6.61 Å². The fourth-order valence-electron chi connectivity index (χ4n) is 0.667. The van der Waals surface area contributed by atoms with Crippen LogP contribution in [-0.4, -0.2) is 33.0 Å². The lowest BCUT2D eigenvalue weighted by molar-refractivity contribution is -0.0153. The second-order valence-electron chi connectivity index (χ2n) is 2.20. The van der Waals surface area contributed by atoms with E-state index in [0.717, 1.165) is 0 Å². The fraction of sp³-hybridized carbons (Fsp3) is 0.500. The molecule has 0 fully saturated rings. The van der Waals surface area contributed by atoms with Gasteiger partial charge in [-0.05, 0) is 15.9 Å². The highest BCUT2D eigenvalue weighted by Crippen LogP contribution is 2.23. The highest BCUT2D eigenvalue weighted by atomic mass is 79.9. The van der Waals surface area contributed by atoms with E-state index < -0.39 is 18.8 Å². The molecule has 0 aliphatic heterocycles. The largest absolute Gasteiger partial charge is 0.394 e. The first-order valence-corrected chi connectivity index (χ1v) is 4.90. The molecular weight excluding hydrogens is 246 g/mol. The van der Waals surface area contributed by atoms with Crippen LogP contribution in [0.2, 0.25) is 0 Å². The predicted octanol–water partition coefficient (Wildman–Crippen LogP) is 0.292. The molecule has 2 atom stereocenters. The van der Waals surface area contributed by atoms with Crippen LogP contribution in [0.5, 0.6) is 0 Å². The van der Waals surface area contributed by atoms with E-state index >= 15 is 0 Å². The van der Waals surface area contributed by atoms with Crippen LogP contribution in [0.4, 0.5) is 0 Å². The summed E-state index contributed by atoms with van der Waals surface area (Å²) >= 11 is 4.34. The Morgan fingerprint density at radius 2 is 2.25 bits per heavy atom. The van der Waals surface area contributed by atoms with Crippen LogP contribution in [-0.2, 0) is 0 Å². The summed E-state index contributed by atoms with van der Waals surface area (Å²) in [5.41, 5.74) is 0. The molecule has 0 aliphatic rings. The highest BCUT2D eigenvalue weighted by molar-refractivity contribution is 9.10. The second kappa shape index (κ2) is 4.29. The van der Waals surface area contributed by atoms with Gasteiger partial charge >= 0.3 is 0 Å². The zero-order valence-corrected chi connectivity index (χ0v) is 8.42. The van der Waals surface area contributed by atoms with Gasteiger partial charge < -0.3 is 15.3 Å². The van der Waals surface area contributed by atoms with E-state index in [2.05, 4.69) is 20.9 Å². The van der Waals surface area contributed by atoms with E-state index in [1.807, 2.05) is 0 Å². The highest BCUT2D eigenvalue weighted by Gasteiger charge is 2.20. The average Bonchev–Trinajstić information content (AvgIpc) is 2.49. The third-order valence-electron chi connectivity index (χ3n) is 1.30. The number of aliphatic hydroxyl groups excluding tert-OH is 3. The minimum Gasteiger partial charge on any atom is -0.394 e. The minimum atomic E-state index is -1.16. The van der Waals surface area contributed by atoms with Crippen molar-refractivity contribution in [1.29, 1.82) is 0 Å². The maximum absolute atomic E-state index is 9.32. The number of aromatic nitrogens is 1. The van der Waals surface area contributed by atoms with Gasteiger partial charge in [0.25, 0.3) is 0 Å². The Hall–Kier alpha value is -0.0100. The second-order valence-corrected chi connectivity index (χ2v) is 3.91. The summed E-state index contributed by atoms with van der Waals surface area (Å²) in [6.45, 7) is -0.474. The zero-order valence-electron chi connectivity index (χ0n) is 6.01. The van der Waals surface area contributed by atoms with E-state index in [9.17, 15) is 5.11 Å². The molecule has 2 unspecified atom stereocenters. The van der Waals surface area contributed by atoms with Crippen molar-refractivity contribution in [3.8, 4) is 0 Å². The van der Waals surface area contributed by atoms with Gasteiger partial charge in [-0.2, -0.15) is 0 Å². The van der Waals surface area contributed by atoms with Crippen molar-refractivity contribution in [1.82, 2.24) is 4.98 Å². The third-order valence-corrected chi connectivity index (χ3v) is 2.92. The summed E-state index contributed by atoms with van der Waals surface area (Å²) in [6, 6.07) is 0. The van der Waals surface area contributed by atoms with Crippen LogP contribution in [0.15, 0.2) is 9.98 Å². The van der Waals surface area contributed by atoms with E-state index in [-0.39, 0.29) is 0 Å². The van der Waals surface area contributed by atoms with Gasteiger partial charge in [0.05, 0.1) is 6.61 Å². The molecule has 1 heterocycles. The number of thiazole rings is 1. The van der Waals surface area contributed by atoms with Gasteiger partial charge in [-0.25, -0.2) is 4.98 Å². The van der Waals surface area contributed by atoms with E-state index in [4.69, 9.17) is 10.2 Å². The number of hydrogen-bond donors (Lipinski definition) is 3. The smallest absolute Gasteiger partial charge is 0.134 e. The summed E-state index contributed by atoms with van der Waals surface area (Å²) in [6.07, 6.45) is -2.27. The molecule has 0 aromatic carbocycles. The summed E-state index contributed by atoms with van der Waals surface area (Å²) in [4.78, 5) is 3.89. The molecule has 1 rings (SSSR count). The molecule has 12 heavy (non-hydrogen) atoms. The van der Waals surface area contributed by atoms with Gasteiger partial charge in [-0.15, -0.1) is 11.3 Å². The zero-order chi connectivity index (χ0) is 9.14. The van der Waals surface area contributed by atoms with Crippen molar-refractivity contribution >= 4 is 27.3 Å². The first-order valence-electron chi connectivity index (χ1n) is 3.23. The number of nitrogens with zero attached hydrogens (tertiary/aromatic N) is 1. The lowest BCUT2D eigenvalue weighted by Crippen LogP contribution is -2.21. The molecule has 0 radical (unpaired) electrons. The number of hydrogen-bond acceptors (Lipinski definition) is 5. The minimum absolute atomic E-state index is 0.392. The maximum Gasteiger partial charge on any atom is 0.134 e. The Morgan fingerprint density at radius 1 is 1.58 bits per heavy atom. The lowest BCUT2D eigenvalue weighted by atomic mass is 10.2. The van der Waals surface area contributed by atoms with Gasteiger partial charge in [0, 0.05) is 5.38 Å². The predicted molar refractivity (Wildman–Crippen MR) is 47.9 cm³/mol. The van der Waals surface area contributed by atoms with Crippen molar-refractivity contribution in [3.05, 3.63) is 15.0 Å². The summed E-state index contributed by atoms with van der Waals surface area (Å²) in [5, 5.41) is 29.0. The van der Waals surface area contributed by atoms with Crippen molar-refractivity contribution in [2.45, 2.75) is 12.2 Å². The molecule has 1 aromatic heterocycles. The quantitative estimate of drug-likeness (QED) is 0.725. The first-order chi connectivity index (χ1) is 5.65. The Balaban J connectivity index is 2.70. The third kappa shape index (κ3) is 2.24. The van der Waals surface area contributed by atoms with E-state index in [1.165, 1.54) is 11.3 Å². The molecule has 4 nitrogen and oxygen atoms in total. The summed E-state index contributed by atoms with van der Waals surface area (Å²) in [7, 11) is 0. The van der Waals surface area contributed by atoms with Crippen molar-refractivity contribution in [2.24, 2.45) is 0 Å². The topological polar surface area (TPSA) is 73.6 Å². The summed E-state index contributed by atoms with van der Waals surface area (Å²) < 4.78 is 0.617. The van der Waals surface area contributed by atoms with Gasteiger partial charge in [-0.1, -0.05) is 0 Å². The van der Waals surface area contributed by atoms with Crippen LogP contribution in [0.25, 0.3) is 0 Å². The molecule has 0 spiro atoms. The van der Waals surface area contributed by atoms with Crippen LogP contribution < -0.4 is 0 Å². The molecule has 6 heteroatoms. The van der Waals surface area contributed by atoms with E-state index in [1.54, 1.807) is 5.38 Å². The molecule has 68 valence electrons. The van der Waals surface area contributed by atoms with Gasteiger partial charge in [0.1, 0.15) is 21.8 Å². The van der Waals surface area contributed by atoms with Gasteiger partial charge in [0.2, 0.25) is 0 Å². The molecule has 0 saturated carbocycles. The molecule has 0 amide bonds. The van der Waals surface area contributed by atoms with Crippen LogP contribution >= 0.6 is 27.3 Å². The standard InChI is InChI=1S/C6H8BrNO3S/c7-4-2-12-6(8-4)5(11)3(10)1-9/h2-3,5,9-11H,1H2. The van der Waals surface area contributed by atoms with Crippen LogP contribution in [0.1, 0.15) is 11.1 Å². The first kappa shape index (κ1) is 10.1. The monoisotopic (exact) mass is 253 g/mol. The Kier molecular flexibility index (Phi) is 3.60. The molecule has 0 aliphatic carbocycles. The van der Waals surface area contributed by atoms with Crippen LogP contribution in [0, 0.1) is 0 Å². The molecule has 0 saturated heterocycles. The summed E-state index contributed by atoms with van der Waals surface area (Å²) in [5.74, 6) is 0. The number of aliphatic hydroxyl groups is 3. The van der Waals surface area contributed by atoms with Crippen LogP contribution in [0.3, 0.4) is 0 Å². The molecule has 0 bridgehead atoms. The molecule has 1 aromatic rings. The van der Waals surface area contributed by atoms with E-state index in [0.29, 0.717) is 9.61 Å². The van der Waals surface area contributed by atoms with Gasteiger partial charge in [0.15, 0.2) is 0 Å². The molecule has 3 N–H and O–H groups in total. The Labute approximate surface area is 81.6 Å². The average molecular weight is 254 g/mol. The lowest BCUT2D eigenvalue weighted by Gasteiger charge is -2.11. The Morgan fingerprint density at radius 3 is 2.67 bits per heavy atom. The number of rotatable bonds is 3. The fourth-order valence-corrected chi connectivity index (χ4v) is 1.97. The van der Waals surface area contributed by atoms with Crippen molar-refractivity contribution < 1.29 is 15.3 Å². The SMILES string of the molecule is OCC(O)C(O)c1nc(Br)cs1. The molecular formula is C6H8BrNO3S. The maximum atomic E-state index is 9.32. The van der Waals surface area contributed by atoms with Crippen molar-refractivity contribution in [3.63, 3.8) is 0 Å². The Bertz CT molecular complexity index is 255. The number of halogens is 1.